The van der Waals surface area contributed by atoms with Crippen molar-refractivity contribution < 1.29 is 4.74 Å². The van der Waals surface area contributed by atoms with Crippen LogP contribution in [-0.4, -0.2) is 14.2 Å². The molecule has 0 bridgehead atoms. The highest BCUT2D eigenvalue weighted by Crippen LogP contribution is 2.32. The third-order valence-electron chi connectivity index (χ3n) is 4.14. The van der Waals surface area contributed by atoms with Crippen LogP contribution < -0.4 is 10.1 Å². The molecule has 0 aliphatic rings. The Bertz CT molecular complexity index is 752. The zero-order valence-corrected chi connectivity index (χ0v) is 13.0. The summed E-state index contributed by atoms with van der Waals surface area (Å²) >= 11 is 0. The molecule has 0 fully saturated rings. The van der Waals surface area contributed by atoms with Gasteiger partial charge in [0.1, 0.15) is 5.75 Å². The Labute approximate surface area is 131 Å². The van der Waals surface area contributed by atoms with Gasteiger partial charge in [0.2, 0.25) is 0 Å². The molecule has 0 spiro atoms. The first-order valence-electron chi connectivity index (χ1n) is 7.60. The number of ether oxygens (including phenoxy) is 1. The molecule has 0 aliphatic heterocycles. The van der Waals surface area contributed by atoms with Crippen LogP contribution in [0.15, 0.2) is 66.7 Å². The second-order valence-corrected chi connectivity index (χ2v) is 5.43. The van der Waals surface area contributed by atoms with Crippen molar-refractivity contribution in [3.8, 4) is 5.75 Å². The van der Waals surface area contributed by atoms with Crippen molar-refractivity contribution in [1.29, 1.82) is 0 Å². The van der Waals surface area contributed by atoms with Crippen LogP contribution in [0.2, 0.25) is 0 Å². The van der Waals surface area contributed by atoms with Crippen LogP contribution in [0.1, 0.15) is 17.2 Å². The minimum atomic E-state index is 0.276. The summed E-state index contributed by atoms with van der Waals surface area (Å²) in [5.41, 5.74) is 2.64. The van der Waals surface area contributed by atoms with Gasteiger partial charge in [-0.1, -0.05) is 60.7 Å². The van der Waals surface area contributed by atoms with Gasteiger partial charge in [0.05, 0.1) is 7.11 Å². The fourth-order valence-corrected chi connectivity index (χ4v) is 2.99. The topological polar surface area (TPSA) is 21.3 Å². The van der Waals surface area contributed by atoms with Crippen LogP contribution in [-0.2, 0) is 6.42 Å². The van der Waals surface area contributed by atoms with Crippen molar-refractivity contribution in [2.45, 2.75) is 12.5 Å². The van der Waals surface area contributed by atoms with Crippen LogP contribution in [0.25, 0.3) is 10.8 Å². The van der Waals surface area contributed by atoms with E-state index in [4.69, 9.17) is 4.74 Å². The number of hydrogen-bond donors (Lipinski definition) is 1. The third-order valence-corrected chi connectivity index (χ3v) is 4.14. The van der Waals surface area contributed by atoms with E-state index in [2.05, 4.69) is 72.0 Å². The SMILES string of the molecule is CNC(Cc1ccccc1)c1ccc(OC)c2ccccc12. The van der Waals surface area contributed by atoms with Gasteiger partial charge in [0.15, 0.2) is 0 Å². The predicted molar refractivity (Wildman–Crippen MR) is 92.4 cm³/mol. The second-order valence-electron chi connectivity index (χ2n) is 5.43. The molecule has 1 atom stereocenters. The summed E-state index contributed by atoms with van der Waals surface area (Å²) in [5, 5.41) is 5.87. The van der Waals surface area contributed by atoms with Gasteiger partial charge in [-0.2, -0.15) is 0 Å². The molecule has 2 nitrogen and oxygen atoms in total. The van der Waals surface area contributed by atoms with E-state index in [0.717, 1.165) is 17.6 Å². The normalized spacial score (nSPS) is 12.3. The van der Waals surface area contributed by atoms with Crippen LogP contribution in [0.5, 0.6) is 5.75 Å². The van der Waals surface area contributed by atoms with Gasteiger partial charge < -0.3 is 10.1 Å². The molecule has 0 aromatic heterocycles. The van der Waals surface area contributed by atoms with Crippen molar-refractivity contribution >= 4 is 10.8 Å². The Morgan fingerprint density at radius 1 is 0.864 bits per heavy atom. The van der Waals surface area contributed by atoms with Crippen LogP contribution >= 0.6 is 0 Å². The van der Waals surface area contributed by atoms with Gasteiger partial charge in [0, 0.05) is 11.4 Å². The van der Waals surface area contributed by atoms with Crippen molar-refractivity contribution in [1.82, 2.24) is 5.32 Å². The summed E-state index contributed by atoms with van der Waals surface area (Å²) in [6.07, 6.45) is 0.966. The number of benzene rings is 3. The van der Waals surface area contributed by atoms with Crippen LogP contribution in [0, 0.1) is 0 Å². The first-order chi connectivity index (χ1) is 10.8. The maximum Gasteiger partial charge on any atom is 0.126 e. The van der Waals surface area contributed by atoms with E-state index in [9.17, 15) is 0 Å². The molecule has 112 valence electrons. The van der Waals surface area contributed by atoms with Crippen LogP contribution in [0.3, 0.4) is 0 Å². The summed E-state index contributed by atoms with van der Waals surface area (Å²) < 4.78 is 5.49. The number of hydrogen-bond acceptors (Lipinski definition) is 2. The maximum atomic E-state index is 5.49. The average molecular weight is 291 g/mol. The number of rotatable bonds is 5. The van der Waals surface area contributed by atoms with E-state index < -0.39 is 0 Å². The minimum absolute atomic E-state index is 0.276. The first kappa shape index (κ1) is 14.6. The largest absolute Gasteiger partial charge is 0.496 e. The van der Waals surface area contributed by atoms with Gasteiger partial charge >= 0.3 is 0 Å². The molecule has 3 rings (SSSR count). The van der Waals surface area contributed by atoms with Gasteiger partial charge in [-0.05, 0) is 36.0 Å². The van der Waals surface area contributed by atoms with Crippen molar-refractivity contribution in [3.05, 3.63) is 77.9 Å². The Kier molecular flexibility index (Phi) is 4.40. The molecule has 0 radical (unpaired) electrons. The Balaban J connectivity index is 2.04. The van der Waals surface area contributed by atoms with E-state index in [1.165, 1.54) is 16.5 Å². The lowest BCUT2D eigenvalue weighted by Crippen LogP contribution is -2.19. The van der Waals surface area contributed by atoms with E-state index >= 15 is 0 Å². The fourth-order valence-electron chi connectivity index (χ4n) is 2.99. The molecular formula is C20H21NO. The lowest BCUT2D eigenvalue weighted by atomic mass is 9.94. The molecule has 0 amide bonds. The van der Waals surface area contributed by atoms with Gasteiger partial charge in [-0.15, -0.1) is 0 Å². The molecule has 0 saturated carbocycles. The molecule has 1 N–H and O–H groups in total. The van der Waals surface area contributed by atoms with Gasteiger partial charge in [-0.3, -0.25) is 0 Å². The Hall–Kier alpha value is -2.32. The molecular weight excluding hydrogens is 270 g/mol. The first-order valence-corrected chi connectivity index (χ1v) is 7.60. The summed E-state index contributed by atoms with van der Waals surface area (Å²) in [4.78, 5) is 0. The zero-order chi connectivity index (χ0) is 15.4. The molecule has 22 heavy (non-hydrogen) atoms. The number of fused-ring (bicyclic) bond motifs is 1. The Morgan fingerprint density at radius 3 is 2.23 bits per heavy atom. The maximum absolute atomic E-state index is 5.49. The lowest BCUT2D eigenvalue weighted by molar-refractivity contribution is 0.419. The lowest BCUT2D eigenvalue weighted by Gasteiger charge is -2.20. The molecule has 1 unspecified atom stereocenters. The standard InChI is InChI=1S/C20H21NO/c1-21-19(14-15-8-4-3-5-9-15)17-12-13-20(22-2)18-11-7-6-10-16(17)18/h3-13,19,21H,14H2,1-2H3. The predicted octanol–water partition coefficient (Wildman–Crippen LogP) is 4.35. The van der Waals surface area contributed by atoms with Crippen molar-refractivity contribution in [2.24, 2.45) is 0 Å². The number of methoxy groups -OCH3 is 1. The minimum Gasteiger partial charge on any atom is -0.496 e. The smallest absolute Gasteiger partial charge is 0.126 e. The summed E-state index contributed by atoms with van der Waals surface area (Å²) in [7, 11) is 3.74. The van der Waals surface area contributed by atoms with E-state index in [0.29, 0.717) is 0 Å². The molecule has 0 heterocycles. The highest BCUT2D eigenvalue weighted by Gasteiger charge is 2.15. The zero-order valence-electron chi connectivity index (χ0n) is 13.0. The summed E-state index contributed by atoms with van der Waals surface area (Å²) in [6, 6.07) is 23.5. The highest BCUT2D eigenvalue weighted by atomic mass is 16.5. The number of likely N-dealkylation sites (N-methyl/N-ethyl adjacent to an activating group) is 1. The average Bonchev–Trinajstić information content (AvgIpc) is 2.60. The Morgan fingerprint density at radius 2 is 1.55 bits per heavy atom. The number of nitrogens with one attached hydrogen (secondary N) is 1. The fraction of sp³-hybridized carbons (Fsp3) is 0.200. The van der Waals surface area contributed by atoms with E-state index in [-0.39, 0.29) is 6.04 Å². The van der Waals surface area contributed by atoms with Crippen LogP contribution in [0.4, 0.5) is 0 Å². The monoisotopic (exact) mass is 291 g/mol. The van der Waals surface area contributed by atoms with Gasteiger partial charge in [0.25, 0.3) is 0 Å². The summed E-state index contributed by atoms with van der Waals surface area (Å²) in [6.45, 7) is 0. The molecule has 3 aromatic carbocycles. The quantitative estimate of drug-likeness (QED) is 0.754. The summed E-state index contributed by atoms with van der Waals surface area (Å²) in [5.74, 6) is 0.925. The molecule has 0 aliphatic carbocycles. The highest BCUT2D eigenvalue weighted by molar-refractivity contribution is 5.91. The van der Waals surface area contributed by atoms with E-state index in [1.807, 2.05) is 7.05 Å². The van der Waals surface area contributed by atoms with Gasteiger partial charge in [-0.25, -0.2) is 0 Å². The molecule has 2 heteroatoms. The van der Waals surface area contributed by atoms with E-state index in [1.54, 1.807) is 7.11 Å². The molecule has 0 saturated heterocycles. The molecule has 3 aromatic rings. The second kappa shape index (κ2) is 6.63. The van der Waals surface area contributed by atoms with Crippen molar-refractivity contribution in [3.63, 3.8) is 0 Å². The third kappa shape index (κ3) is 2.83. The van der Waals surface area contributed by atoms with Crippen molar-refractivity contribution in [2.75, 3.05) is 14.2 Å².